The second-order valence-corrected chi connectivity index (χ2v) is 18.3. The molecule has 0 atom stereocenters. The zero-order chi connectivity index (χ0) is 50.7. The highest BCUT2D eigenvalue weighted by atomic mass is 16.3. The fourth-order valence-corrected chi connectivity index (χ4v) is 6.57. The van der Waals surface area contributed by atoms with Crippen LogP contribution in [0.4, 0.5) is 0 Å². The summed E-state index contributed by atoms with van der Waals surface area (Å²) in [6, 6.07) is 39.2. The maximum atomic E-state index is 9.86. The Labute approximate surface area is 393 Å². The maximum Gasteiger partial charge on any atom is 0.123 e. The average molecular weight is 919 g/mol. The maximum absolute atomic E-state index is 9.86. The predicted octanol–water partition coefficient (Wildman–Crippen LogP) is 12.6. The molecule has 0 spiro atoms. The topological polar surface area (TPSA) is 243 Å². The molecule has 0 heterocycles. The van der Waals surface area contributed by atoms with Gasteiger partial charge in [0, 0.05) is 22.8 Å². The van der Waals surface area contributed by atoms with Gasteiger partial charge in [0.25, 0.3) is 0 Å². The molecule has 0 aliphatic heterocycles. The molecule has 7 aromatic carbocycles. The molecular weight excluding hydrogens is 853 g/mol. The van der Waals surface area contributed by atoms with E-state index in [-0.39, 0.29) is 85.2 Å². The van der Waals surface area contributed by atoms with Crippen LogP contribution in [0.5, 0.6) is 69.0 Å². The van der Waals surface area contributed by atoms with Crippen molar-refractivity contribution in [1.82, 2.24) is 0 Å². The third-order valence-corrected chi connectivity index (χ3v) is 9.39. The Hall–Kier alpha value is -7.86. The zero-order valence-corrected chi connectivity index (χ0v) is 39.5. The van der Waals surface area contributed by atoms with Crippen LogP contribution >= 0.6 is 0 Å². The summed E-state index contributed by atoms with van der Waals surface area (Å²) < 4.78 is 0. The average Bonchev–Trinajstić information content (AvgIpc) is 3.23. The molecule has 0 bridgehead atoms. The molecule has 67 heavy (non-hydrogen) atoms. The number of phenolic OH excluding ortho intramolecular Hbond substituents is 12. The van der Waals surface area contributed by atoms with Gasteiger partial charge in [-0.05, 0) is 150 Å². The van der Waals surface area contributed by atoms with Crippen molar-refractivity contribution in [3.8, 4) is 80.1 Å². The Morgan fingerprint density at radius 1 is 0.328 bits per heavy atom. The minimum Gasteiger partial charge on any atom is -0.508 e. The third kappa shape index (κ3) is 20.7. The molecule has 12 nitrogen and oxygen atoms in total. The van der Waals surface area contributed by atoms with E-state index in [4.69, 9.17) is 30.6 Å². The van der Waals surface area contributed by atoms with E-state index in [0.29, 0.717) is 11.1 Å². The van der Waals surface area contributed by atoms with Gasteiger partial charge < -0.3 is 61.3 Å². The van der Waals surface area contributed by atoms with Crippen LogP contribution in [0, 0.1) is 12.3 Å². The van der Waals surface area contributed by atoms with E-state index in [1.807, 2.05) is 51.1 Å². The lowest BCUT2D eigenvalue weighted by molar-refractivity contribution is 0.278. The van der Waals surface area contributed by atoms with Gasteiger partial charge in [-0.1, -0.05) is 91.8 Å². The molecule has 0 aliphatic rings. The van der Waals surface area contributed by atoms with E-state index in [0.717, 1.165) is 23.1 Å². The van der Waals surface area contributed by atoms with Crippen molar-refractivity contribution in [3.05, 3.63) is 168 Å². The summed E-state index contributed by atoms with van der Waals surface area (Å²) in [5.74, 6) is 2.13. The molecule has 12 heteroatoms. The van der Waals surface area contributed by atoms with E-state index in [1.165, 1.54) is 91.0 Å². The summed E-state index contributed by atoms with van der Waals surface area (Å²) in [5.41, 5.74) is 3.69. The number of benzene rings is 7. The smallest absolute Gasteiger partial charge is 0.123 e. The highest BCUT2D eigenvalue weighted by Gasteiger charge is 2.29. The molecule has 0 aromatic heterocycles. The molecule has 12 N–H and O–H groups in total. The largest absolute Gasteiger partial charge is 0.508 e. The van der Waals surface area contributed by atoms with Crippen molar-refractivity contribution in [2.24, 2.45) is 5.41 Å². The van der Waals surface area contributed by atoms with Gasteiger partial charge in [-0.15, -0.1) is 0 Å². The van der Waals surface area contributed by atoms with Crippen LogP contribution in [-0.4, -0.2) is 61.3 Å². The SMILES string of the molecule is CC(C)(C)CC(C)(C)c1cc(O)ccc1O.CC(C)(C)c1cc(O)ccc1O.Cc1cc(O)ccc1O.Oc1ccc(O)c(-c2ccccc2)c1.Oc1ccc(O)cc1.Oc1cccc(O)c1. The van der Waals surface area contributed by atoms with E-state index >= 15 is 0 Å². The number of aryl methyl sites for hydroxylation is 1. The summed E-state index contributed by atoms with van der Waals surface area (Å²) in [6.45, 7) is 18.4. The fourth-order valence-electron chi connectivity index (χ4n) is 6.57. The van der Waals surface area contributed by atoms with Gasteiger partial charge in [-0.3, -0.25) is 0 Å². The van der Waals surface area contributed by atoms with Crippen LogP contribution in [0.15, 0.2) is 152 Å². The lowest BCUT2D eigenvalue weighted by atomic mass is 9.72. The monoisotopic (exact) mass is 918 g/mol. The first-order valence-electron chi connectivity index (χ1n) is 21.1. The molecule has 7 aromatic rings. The van der Waals surface area contributed by atoms with E-state index < -0.39 is 0 Å². The molecule has 0 aliphatic carbocycles. The second kappa shape index (κ2) is 25.0. The van der Waals surface area contributed by atoms with E-state index in [2.05, 4.69) is 34.6 Å². The Kier molecular flexibility index (Phi) is 20.6. The summed E-state index contributed by atoms with van der Waals surface area (Å²) in [7, 11) is 0. The summed E-state index contributed by atoms with van der Waals surface area (Å²) >= 11 is 0. The predicted molar refractivity (Wildman–Crippen MR) is 265 cm³/mol. The normalized spacial score (nSPS) is 10.6. The summed E-state index contributed by atoms with van der Waals surface area (Å²) in [5, 5.41) is 109. The van der Waals surface area contributed by atoms with E-state index in [1.54, 1.807) is 37.3 Å². The molecule has 0 amide bonds. The van der Waals surface area contributed by atoms with Gasteiger partial charge >= 0.3 is 0 Å². The first kappa shape index (κ1) is 55.3. The molecule has 358 valence electrons. The highest BCUT2D eigenvalue weighted by Crippen LogP contribution is 2.41. The van der Waals surface area contributed by atoms with Gasteiger partial charge in [0.1, 0.15) is 69.0 Å². The van der Waals surface area contributed by atoms with Crippen LogP contribution in [0.2, 0.25) is 0 Å². The first-order valence-corrected chi connectivity index (χ1v) is 21.1. The fraction of sp³-hybridized carbons (Fsp3) is 0.236. The number of rotatable bonds is 3. The number of phenols is 12. The van der Waals surface area contributed by atoms with Crippen LogP contribution in [-0.2, 0) is 10.8 Å². The minimum absolute atomic E-state index is 0.0880. The molecule has 0 fully saturated rings. The third-order valence-electron chi connectivity index (χ3n) is 9.39. The number of aromatic hydroxyl groups is 12. The van der Waals surface area contributed by atoms with Gasteiger partial charge in [0.15, 0.2) is 0 Å². The van der Waals surface area contributed by atoms with Crippen LogP contribution in [0.25, 0.3) is 11.1 Å². The molecular formula is C55H66O12. The number of hydrogen-bond donors (Lipinski definition) is 12. The van der Waals surface area contributed by atoms with Crippen molar-refractivity contribution < 1.29 is 61.3 Å². The van der Waals surface area contributed by atoms with Gasteiger partial charge in [-0.2, -0.15) is 0 Å². The standard InChI is InChI=1S/C14H22O2.C12H10O2.C10H14O2.C7H8O2.2C6H6O2/c1-13(2,3)9-14(4,5)11-8-10(15)6-7-12(11)16;13-10-6-7-12(14)11(8-10)9-4-2-1-3-5-9;1-10(2,3)8-6-7(11)4-5-9(8)12;1-5-4-6(8)2-3-7(5)9;7-5-1-2-6(8)4-3-5;7-5-2-1-3-6(8)4-5/h6-8,15-16H,9H2,1-5H3;1-8,13-14H;4-6,11-12H,1-3H3;2-4,8-9H,1H3;2*1-4,7-8H. The van der Waals surface area contributed by atoms with Crippen molar-refractivity contribution in [3.63, 3.8) is 0 Å². The van der Waals surface area contributed by atoms with Crippen LogP contribution in [0.1, 0.15) is 78.5 Å². The molecule has 0 saturated carbocycles. The van der Waals surface area contributed by atoms with Gasteiger partial charge in [0.2, 0.25) is 0 Å². The molecule has 0 saturated heterocycles. The first-order chi connectivity index (χ1) is 31.1. The quantitative estimate of drug-likeness (QED) is 0.0741. The van der Waals surface area contributed by atoms with Crippen LogP contribution < -0.4 is 0 Å². The second-order valence-electron chi connectivity index (χ2n) is 18.3. The summed E-state index contributed by atoms with van der Waals surface area (Å²) in [4.78, 5) is 0. The minimum atomic E-state index is -0.152. The number of hydrogen-bond acceptors (Lipinski definition) is 12. The van der Waals surface area contributed by atoms with Crippen LogP contribution in [0.3, 0.4) is 0 Å². The molecule has 7 rings (SSSR count). The molecule has 0 unspecified atom stereocenters. The Morgan fingerprint density at radius 2 is 0.701 bits per heavy atom. The zero-order valence-electron chi connectivity index (χ0n) is 39.5. The van der Waals surface area contributed by atoms with Gasteiger partial charge in [0.05, 0.1) is 0 Å². The highest BCUT2D eigenvalue weighted by molar-refractivity contribution is 5.71. The Bertz CT molecular complexity index is 2540. The van der Waals surface area contributed by atoms with Crippen molar-refractivity contribution >= 4 is 0 Å². The van der Waals surface area contributed by atoms with Crippen molar-refractivity contribution in [2.75, 3.05) is 0 Å². The van der Waals surface area contributed by atoms with Crippen molar-refractivity contribution in [1.29, 1.82) is 0 Å². The lowest BCUT2D eigenvalue weighted by Crippen LogP contribution is -2.24. The van der Waals surface area contributed by atoms with E-state index in [9.17, 15) is 30.6 Å². The Balaban J connectivity index is 0.000000281. The van der Waals surface area contributed by atoms with Gasteiger partial charge in [-0.25, -0.2) is 0 Å². The molecule has 0 radical (unpaired) electrons. The van der Waals surface area contributed by atoms with Crippen molar-refractivity contribution in [2.45, 2.75) is 79.6 Å². The Morgan fingerprint density at radius 3 is 1.09 bits per heavy atom. The summed E-state index contributed by atoms with van der Waals surface area (Å²) in [6.07, 6.45) is 0.941. The lowest BCUT2D eigenvalue weighted by Gasteiger charge is -2.33.